The van der Waals surface area contributed by atoms with Crippen molar-refractivity contribution in [2.75, 3.05) is 19.6 Å². The van der Waals surface area contributed by atoms with Crippen LogP contribution in [0, 0.1) is 11.2 Å². The second-order valence-corrected chi connectivity index (χ2v) is 7.65. The molecule has 0 saturated carbocycles. The van der Waals surface area contributed by atoms with Crippen molar-refractivity contribution in [2.45, 2.75) is 32.4 Å². The van der Waals surface area contributed by atoms with E-state index >= 15 is 0 Å². The Morgan fingerprint density at radius 3 is 2.75 bits per heavy atom. The number of carbonyl (C=O) groups is 2. The Hall–Kier alpha value is -2.83. The van der Waals surface area contributed by atoms with Gasteiger partial charge in [0.05, 0.1) is 18.2 Å². The molecule has 2 aliphatic rings. The minimum atomic E-state index is -0.500. The summed E-state index contributed by atoms with van der Waals surface area (Å²) in [7, 11) is 0. The highest BCUT2D eigenvalue weighted by atomic mass is 19.1. The number of piperidine rings is 1. The molecule has 2 aliphatic heterocycles. The van der Waals surface area contributed by atoms with Gasteiger partial charge in [0, 0.05) is 26.2 Å². The Morgan fingerprint density at radius 2 is 2.00 bits per heavy atom. The fraction of sp³-hybridized carbons (Fsp3) is 0.429. The van der Waals surface area contributed by atoms with Gasteiger partial charge in [-0.1, -0.05) is 12.1 Å². The van der Waals surface area contributed by atoms with Crippen molar-refractivity contribution < 1.29 is 18.4 Å². The van der Waals surface area contributed by atoms with Crippen LogP contribution in [0.15, 0.2) is 47.1 Å². The van der Waals surface area contributed by atoms with Gasteiger partial charge in [-0.05, 0) is 49.1 Å². The third kappa shape index (κ3) is 3.74. The molecule has 1 aromatic carbocycles. The van der Waals surface area contributed by atoms with Crippen molar-refractivity contribution in [2.24, 2.45) is 5.41 Å². The van der Waals surface area contributed by atoms with Crippen molar-refractivity contribution in [1.82, 2.24) is 15.1 Å². The first-order valence-corrected chi connectivity index (χ1v) is 9.65. The monoisotopic (exact) mass is 385 g/mol. The van der Waals surface area contributed by atoms with E-state index in [0.29, 0.717) is 44.9 Å². The lowest BCUT2D eigenvalue weighted by atomic mass is 9.78. The number of nitrogens with zero attached hydrogens (tertiary/aromatic N) is 2. The molecule has 148 valence electrons. The average Bonchev–Trinajstić information content (AvgIpc) is 3.36. The van der Waals surface area contributed by atoms with Gasteiger partial charge in [0.25, 0.3) is 0 Å². The molecule has 2 fully saturated rings. The summed E-state index contributed by atoms with van der Waals surface area (Å²) in [5.74, 6) is 0.517. The number of furan rings is 1. The molecule has 1 aromatic heterocycles. The normalized spacial score (nSPS) is 22.1. The van der Waals surface area contributed by atoms with E-state index in [0.717, 1.165) is 18.4 Å². The molecule has 1 unspecified atom stereocenters. The predicted molar refractivity (Wildman–Crippen MR) is 101 cm³/mol. The molecule has 2 saturated heterocycles. The van der Waals surface area contributed by atoms with Crippen LogP contribution >= 0.6 is 0 Å². The average molecular weight is 385 g/mol. The van der Waals surface area contributed by atoms with E-state index in [1.165, 1.54) is 12.1 Å². The van der Waals surface area contributed by atoms with E-state index in [9.17, 15) is 14.0 Å². The lowest BCUT2D eigenvalue weighted by Gasteiger charge is -2.39. The first-order chi connectivity index (χ1) is 13.6. The first-order valence-electron chi connectivity index (χ1n) is 9.65. The van der Waals surface area contributed by atoms with Crippen LogP contribution in [-0.2, 0) is 17.9 Å². The Bertz CT molecular complexity index is 837. The topological polar surface area (TPSA) is 65.8 Å². The van der Waals surface area contributed by atoms with Gasteiger partial charge in [0.2, 0.25) is 5.91 Å². The second-order valence-electron chi connectivity index (χ2n) is 7.65. The molecule has 28 heavy (non-hydrogen) atoms. The van der Waals surface area contributed by atoms with Crippen LogP contribution in [0.4, 0.5) is 9.18 Å². The van der Waals surface area contributed by atoms with Gasteiger partial charge >= 0.3 is 6.03 Å². The van der Waals surface area contributed by atoms with Gasteiger partial charge < -0.3 is 19.5 Å². The smallest absolute Gasteiger partial charge is 0.317 e. The van der Waals surface area contributed by atoms with Crippen LogP contribution in [0.1, 0.15) is 30.6 Å². The number of urea groups is 1. The fourth-order valence-corrected chi connectivity index (χ4v) is 4.23. The minimum absolute atomic E-state index is 0.101. The molecule has 1 atom stereocenters. The number of amides is 3. The van der Waals surface area contributed by atoms with Crippen molar-refractivity contribution in [3.8, 4) is 0 Å². The van der Waals surface area contributed by atoms with Crippen LogP contribution in [0.3, 0.4) is 0 Å². The highest BCUT2D eigenvalue weighted by Gasteiger charge is 2.49. The summed E-state index contributed by atoms with van der Waals surface area (Å²) in [4.78, 5) is 29.3. The minimum Gasteiger partial charge on any atom is -0.467 e. The Morgan fingerprint density at radius 1 is 1.18 bits per heavy atom. The number of likely N-dealkylation sites (tertiary alicyclic amines) is 2. The first kappa shape index (κ1) is 18.5. The molecular formula is C21H24FN3O3. The summed E-state index contributed by atoms with van der Waals surface area (Å²) in [5, 5.41) is 2.85. The molecule has 7 heteroatoms. The van der Waals surface area contributed by atoms with Gasteiger partial charge in [-0.2, -0.15) is 0 Å². The fourth-order valence-electron chi connectivity index (χ4n) is 4.23. The third-order valence-electron chi connectivity index (χ3n) is 5.75. The van der Waals surface area contributed by atoms with Crippen LogP contribution in [0.5, 0.6) is 0 Å². The number of nitrogens with one attached hydrogen (secondary N) is 1. The van der Waals surface area contributed by atoms with Gasteiger partial charge in [-0.3, -0.25) is 4.79 Å². The van der Waals surface area contributed by atoms with Crippen molar-refractivity contribution in [3.05, 3.63) is 59.8 Å². The van der Waals surface area contributed by atoms with Gasteiger partial charge in [-0.15, -0.1) is 0 Å². The zero-order chi connectivity index (χ0) is 19.6. The molecule has 1 N–H and O–H groups in total. The molecule has 1 spiro atoms. The van der Waals surface area contributed by atoms with Gasteiger partial charge in [0.1, 0.15) is 11.6 Å². The summed E-state index contributed by atoms with van der Waals surface area (Å²) in [6.45, 7) is 2.52. The van der Waals surface area contributed by atoms with E-state index in [4.69, 9.17) is 4.42 Å². The van der Waals surface area contributed by atoms with E-state index in [1.54, 1.807) is 29.4 Å². The predicted octanol–water partition coefficient (Wildman–Crippen LogP) is 3.14. The lowest BCUT2D eigenvalue weighted by molar-refractivity contribution is -0.146. The number of rotatable bonds is 4. The highest BCUT2D eigenvalue weighted by Crippen LogP contribution is 2.40. The van der Waals surface area contributed by atoms with Crippen molar-refractivity contribution >= 4 is 11.9 Å². The maximum Gasteiger partial charge on any atom is 0.317 e. The Kier molecular flexibility index (Phi) is 5.07. The molecule has 3 amide bonds. The van der Waals surface area contributed by atoms with Crippen LogP contribution < -0.4 is 5.32 Å². The SMILES string of the molecule is O=C(NCc1ccco1)N1CCC2(CCCN(Cc3ccc(F)cc3)C2=O)C1. The molecule has 0 aliphatic carbocycles. The number of hydrogen-bond acceptors (Lipinski definition) is 3. The van der Waals surface area contributed by atoms with Gasteiger partial charge in [0.15, 0.2) is 0 Å². The standard InChI is InChI=1S/C21H24FN3O3/c22-17-6-4-16(5-7-17)14-24-10-2-8-21(19(24)26)9-11-25(15-21)20(27)23-13-18-3-1-12-28-18/h1,3-7,12H,2,8-11,13-15H2,(H,23,27). The summed E-state index contributed by atoms with van der Waals surface area (Å²) in [5.41, 5.74) is 0.415. The Balaban J connectivity index is 1.38. The Labute approximate surface area is 163 Å². The van der Waals surface area contributed by atoms with Crippen LogP contribution in [0.25, 0.3) is 0 Å². The largest absolute Gasteiger partial charge is 0.467 e. The number of carbonyl (C=O) groups excluding carboxylic acids is 2. The molecule has 6 nitrogen and oxygen atoms in total. The maximum absolute atomic E-state index is 13.2. The van der Waals surface area contributed by atoms with Crippen LogP contribution in [-0.4, -0.2) is 41.4 Å². The third-order valence-corrected chi connectivity index (χ3v) is 5.75. The number of hydrogen-bond donors (Lipinski definition) is 1. The molecule has 0 bridgehead atoms. The van der Waals surface area contributed by atoms with Crippen molar-refractivity contribution in [3.63, 3.8) is 0 Å². The maximum atomic E-state index is 13.2. The summed E-state index contributed by atoms with van der Waals surface area (Å²) in [6.07, 6.45) is 3.96. The highest BCUT2D eigenvalue weighted by molar-refractivity contribution is 5.85. The lowest BCUT2D eigenvalue weighted by Crippen LogP contribution is -2.50. The van der Waals surface area contributed by atoms with E-state index in [1.807, 2.05) is 11.0 Å². The number of benzene rings is 1. The van der Waals surface area contributed by atoms with Crippen LogP contribution in [0.2, 0.25) is 0 Å². The quantitative estimate of drug-likeness (QED) is 0.879. The molecule has 4 rings (SSSR count). The van der Waals surface area contributed by atoms with E-state index < -0.39 is 5.41 Å². The summed E-state index contributed by atoms with van der Waals surface area (Å²) >= 11 is 0. The number of halogens is 1. The zero-order valence-corrected chi connectivity index (χ0v) is 15.7. The summed E-state index contributed by atoms with van der Waals surface area (Å²) in [6, 6.07) is 9.68. The molecule has 0 radical (unpaired) electrons. The zero-order valence-electron chi connectivity index (χ0n) is 15.7. The summed E-state index contributed by atoms with van der Waals surface area (Å²) < 4.78 is 18.4. The van der Waals surface area contributed by atoms with Gasteiger partial charge in [-0.25, -0.2) is 9.18 Å². The molecular weight excluding hydrogens is 361 g/mol. The molecule has 3 heterocycles. The van der Waals surface area contributed by atoms with E-state index in [2.05, 4.69) is 5.32 Å². The van der Waals surface area contributed by atoms with Crippen molar-refractivity contribution in [1.29, 1.82) is 0 Å². The molecule has 2 aromatic rings. The second kappa shape index (κ2) is 7.66. The van der Waals surface area contributed by atoms with E-state index in [-0.39, 0.29) is 17.8 Å².